The van der Waals surface area contributed by atoms with E-state index in [4.69, 9.17) is 0 Å². The van der Waals surface area contributed by atoms with Crippen LogP contribution in [0.15, 0.2) is 43.9 Å². The predicted octanol–water partition coefficient (Wildman–Crippen LogP) is 4.55. The van der Waals surface area contributed by atoms with E-state index >= 15 is 0 Å². The number of H-pyrrole nitrogens is 1. The Morgan fingerprint density at radius 3 is 2.53 bits per heavy atom. The van der Waals surface area contributed by atoms with Crippen LogP contribution in [0.3, 0.4) is 0 Å². The number of hydrogen-bond donors (Lipinski definition) is 2. The van der Waals surface area contributed by atoms with Crippen LogP contribution in [0.2, 0.25) is 0 Å². The number of anilines is 1. The van der Waals surface area contributed by atoms with Crippen molar-refractivity contribution in [3.05, 3.63) is 49.6 Å². The van der Waals surface area contributed by atoms with Gasteiger partial charge in [-0.05, 0) is 56.1 Å². The second-order valence-electron chi connectivity index (χ2n) is 3.31. The molecule has 1 amide bonds. The fourth-order valence-corrected chi connectivity index (χ4v) is 2.33. The van der Waals surface area contributed by atoms with Crippen molar-refractivity contribution in [2.24, 2.45) is 0 Å². The van der Waals surface area contributed by atoms with Crippen LogP contribution in [-0.2, 0) is 0 Å². The van der Waals surface area contributed by atoms with Gasteiger partial charge in [-0.25, -0.2) is 0 Å². The van der Waals surface area contributed by atoms with Crippen LogP contribution >= 0.6 is 47.8 Å². The van der Waals surface area contributed by atoms with Crippen molar-refractivity contribution in [3.8, 4) is 0 Å². The number of benzene rings is 1. The molecule has 0 aliphatic rings. The number of hydrogen-bond acceptors (Lipinski definition) is 1. The lowest BCUT2D eigenvalue weighted by Crippen LogP contribution is -2.12. The Kier molecular flexibility index (Phi) is 4.06. The number of carbonyl (C=O) groups excluding carboxylic acids is 1. The average Bonchev–Trinajstić information content (AvgIpc) is 2.70. The molecule has 0 bridgehead atoms. The fourth-order valence-electron chi connectivity index (χ4n) is 1.28. The zero-order valence-corrected chi connectivity index (χ0v) is 13.2. The first kappa shape index (κ1) is 12.9. The first-order valence-electron chi connectivity index (χ1n) is 4.66. The summed E-state index contributed by atoms with van der Waals surface area (Å²) in [5, 5.41) is 2.81. The van der Waals surface area contributed by atoms with Gasteiger partial charge in [-0.15, -0.1) is 0 Å². The third kappa shape index (κ3) is 3.20. The van der Waals surface area contributed by atoms with Crippen molar-refractivity contribution in [1.29, 1.82) is 0 Å². The van der Waals surface area contributed by atoms with Crippen molar-refractivity contribution >= 4 is 59.4 Å². The maximum Gasteiger partial charge on any atom is 0.272 e. The summed E-state index contributed by atoms with van der Waals surface area (Å²) < 4.78 is 2.58. The predicted molar refractivity (Wildman–Crippen MR) is 78.3 cm³/mol. The normalized spacial score (nSPS) is 10.3. The van der Waals surface area contributed by atoms with Crippen molar-refractivity contribution in [2.45, 2.75) is 0 Å². The molecule has 0 fully saturated rings. The third-order valence-electron chi connectivity index (χ3n) is 2.07. The lowest BCUT2D eigenvalue weighted by Gasteiger charge is -2.06. The number of aromatic nitrogens is 1. The molecule has 1 heterocycles. The van der Waals surface area contributed by atoms with Crippen LogP contribution in [0, 0.1) is 0 Å². The fraction of sp³-hybridized carbons (Fsp3) is 0. The van der Waals surface area contributed by atoms with Crippen LogP contribution in [0.4, 0.5) is 5.69 Å². The van der Waals surface area contributed by atoms with Gasteiger partial charge < -0.3 is 10.3 Å². The number of aromatic amines is 1. The largest absolute Gasteiger partial charge is 0.356 e. The molecule has 1 aromatic carbocycles. The number of amides is 1. The van der Waals surface area contributed by atoms with Gasteiger partial charge in [0.15, 0.2) is 0 Å². The highest BCUT2D eigenvalue weighted by Crippen LogP contribution is 2.26. The Balaban J connectivity index is 2.21. The van der Waals surface area contributed by atoms with Crippen LogP contribution in [0.5, 0.6) is 0 Å². The van der Waals surface area contributed by atoms with Gasteiger partial charge in [0, 0.05) is 19.6 Å². The van der Waals surface area contributed by atoms with Crippen molar-refractivity contribution < 1.29 is 4.79 Å². The van der Waals surface area contributed by atoms with Crippen LogP contribution < -0.4 is 5.32 Å². The Labute approximate surface area is 123 Å². The highest BCUT2D eigenvalue weighted by atomic mass is 79.9. The minimum Gasteiger partial charge on any atom is -0.356 e. The molecule has 0 aliphatic heterocycles. The third-order valence-corrected chi connectivity index (χ3v) is 3.71. The molecule has 2 N–H and O–H groups in total. The Morgan fingerprint density at radius 2 is 1.88 bits per heavy atom. The van der Waals surface area contributed by atoms with Crippen LogP contribution in [0.25, 0.3) is 0 Å². The summed E-state index contributed by atoms with van der Waals surface area (Å²) in [4.78, 5) is 14.8. The highest BCUT2D eigenvalue weighted by molar-refractivity contribution is 9.11. The van der Waals surface area contributed by atoms with Gasteiger partial charge in [0.2, 0.25) is 0 Å². The Morgan fingerprint density at radius 1 is 1.12 bits per heavy atom. The number of carbonyl (C=O) groups is 1. The van der Waals surface area contributed by atoms with Gasteiger partial charge in [0.05, 0.1) is 5.69 Å². The van der Waals surface area contributed by atoms with Gasteiger partial charge in [-0.3, -0.25) is 4.79 Å². The van der Waals surface area contributed by atoms with Crippen LogP contribution in [0.1, 0.15) is 10.5 Å². The second-order valence-corrected chi connectivity index (χ2v) is 6.00. The van der Waals surface area contributed by atoms with E-state index in [0.29, 0.717) is 5.69 Å². The van der Waals surface area contributed by atoms with Crippen molar-refractivity contribution in [3.63, 3.8) is 0 Å². The topological polar surface area (TPSA) is 44.9 Å². The summed E-state index contributed by atoms with van der Waals surface area (Å²) in [5.41, 5.74) is 1.22. The maximum atomic E-state index is 11.9. The number of nitrogens with one attached hydrogen (secondary N) is 2. The molecule has 1 aromatic heterocycles. The molecular weight excluding hydrogens is 416 g/mol. The average molecular weight is 423 g/mol. The molecule has 0 radical (unpaired) electrons. The molecule has 2 rings (SSSR count). The summed E-state index contributed by atoms with van der Waals surface area (Å²) in [6.45, 7) is 0. The SMILES string of the molecule is O=C(Nc1cc(Br)ccc1Br)c1cc(Br)c[nH]1. The summed E-state index contributed by atoms with van der Waals surface area (Å²) in [5.74, 6) is -0.186. The zero-order chi connectivity index (χ0) is 12.4. The van der Waals surface area contributed by atoms with Gasteiger partial charge in [0.25, 0.3) is 5.91 Å². The minimum atomic E-state index is -0.186. The molecule has 0 saturated carbocycles. The molecular formula is C11H7Br3N2O. The van der Waals surface area contributed by atoms with E-state index in [1.54, 1.807) is 12.3 Å². The Hall–Kier alpha value is -0.590. The van der Waals surface area contributed by atoms with Crippen molar-refractivity contribution in [2.75, 3.05) is 5.32 Å². The molecule has 0 saturated heterocycles. The van der Waals surface area contributed by atoms with Crippen LogP contribution in [-0.4, -0.2) is 10.9 Å². The summed E-state index contributed by atoms with van der Waals surface area (Å²) in [7, 11) is 0. The number of rotatable bonds is 2. The molecule has 0 aliphatic carbocycles. The molecule has 6 heteroatoms. The molecule has 3 nitrogen and oxygen atoms in total. The summed E-state index contributed by atoms with van der Waals surface area (Å²) in [6, 6.07) is 7.32. The second kappa shape index (κ2) is 5.37. The molecule has 2 aromatic rings. The highest BCUT2D eigenvalue weighted by Gasteiger charge is 2.10. The minimum absolute atomic E-state index is 0.186. The molecule has 17 heavy (non-hydrogen) atoms. The van der Waals surface area contributed by atoms with Gasteiger partial charge in [-0.2, -0.15) is 0 Å². The molecule has 88 valence electrons. The maximum absolute atomic E-state index is 11.9. The molecule has 0 atom stereocenters. The van der Waals surface area contributed by atoms with Gasteiger partial charge >= 0.3 is 0 Å². The van der Waals surface area contributed by atoms with E-state index < -0.39 is 0 Å². The van der Waals surface area contributed by atoms with E-state index in [0.717, 1.165) is 19.1 Å². The standard InChI is InChI=1S/C11H7Br3N2O/c12-6-1-2-8(14)9(3-6)16-11(17)10-4-7(13)5-15-10/h1-5,15H,(H,16,17). The molecule has 0 unspecified atom stereocenters. The number of halogens is 3. The van der Waals surface area contributed by atoms with E-state index in [2.05, 4.69) is 58.1 Å². The monoisotopic (exact) mass is 420 g/mol. The molecule has 0 spiro atoms. The van der Waals surface area contributed by atoms with Crippen molar-refractivity contribution in [1.82, 2.24) is 4.98 Å². The van der Waals surface area contributed by atoms with Gasteiger partial charge in [-0.1, -0.05) is 15.9 Å². The zero-order valence-electron chi connectivity index (χ0n) is 8.43. The summed E-state index contributed by atoms with van der Waals surface area (Å²) >= 11 is 10.0. The lowest BCUT2D eigenvalue weighted by atomic mass is 10.3. The van der Waals surface area contributed by atoms with Gasteiger partial charge in [0.1, 0.15) is 5.69 Å². The smallest absolute Gasteiger partial charge is 0.272 e. The quantitative estimate of drug-likeness (QED) is 0.732. The lowest BCUT2D eigenvalue weighted by molar-refractivity contribution is 0.102. The van der Waals surface area contributed by atoms with E-state index in [-0.39, 0.29) is 5.91 Å². The first-order valence-corrected chi connectivity index (χ1v) is 7.04. The van der Waals surface area contributed by atoms with E-state index in [9.17, 15) is 4.79 Å². The first-order chi connectivity index (χ1) is 8.06. The summed E-state index contributed by atoms with van der Waals surface area (Å²) in [6.07, 6.45) is 1.71. The van der Waals surface area contributed by atoms with E-state index in [1.165, 1.54) is 0 Å². The van der Waals surface area contributed by atoms with E-state index in [1.807, 2.05) is 18.2 Å². The Bertz CT molecular complexity index is 566.